The fraction of sp³-hybridized carbons (Fsp3) is 0.520. The van der Waals surface area contributed by atoms with E-state index in [0.717, 1.165) is 42.4 Å². The monoisotopic (exact) mass is 503 g/mol. The average Bonchev–Trinajstić information content (AvgIpc) is 3.56. The molecule has 0 radical (unpaired) electrons. The summed E-state index contributed by atoms with van der Waals surface area (Å²) in [6.45, 7) is 5.13. The van der Waals surface area contributed by atoms with Crippen LogP contribution in [0.4, 0.5) is 0 Å². The maximum absolute atomic E-state index is 13.3. The highest BCUT2D eigenvalue weighted by Crippen LogP contribution is 2.31. The van der Waals surface area contributed by atoms with E-state index < -0.39 is 0 Å². The van der Waals surface area contributed by atoms with Crippen LogP contribution < -0.4 is 0 Å². The molecule has 174 valence electrons. The fourth-order valence-corrected chi connectivity index (χ4v) is 3.95. The highest BCUT2D eigenvalue weighted by Gasteiger charge is 2.34. The van der Waals surface area contributed by atoms with Crippen LogP contribution in [0, 0.1) is 5.92 Å². The molecular formula is C25H34BrN3O3. The fourth-order valence-electron chi connectivity index (χ4n) is 3.69. The molecule has 0 saturated heterocycles. The van der Waals surface area contributed by atoms with Gasteiger partial charge in [0.05, 0.1) is 19.7 Å². The number of carbonyl (C=O) groups is 2. The van der Waals surface area contributed by atoms with Crippen molar-refractivity contribution in [2.45, 2.75) is 45.7 Å². The first-order valence-electron chi connectivity index (χ1n) is 11.5. The molecule has 1 saturated carbocycles. The van der Waals surface area contributed by atoms with E-state index in [1.807, 2.05) is 23.1 Å². The molecular weight excluding hydrogens is 470 g/mol. The Morgan fingerprint density at radius 1 is 1.12 bits per heavy atom. The highest BCUT2D eigenvalue weighted by atomic mass is 79.9. The number of nitrogens with zero attached hydrogens (tertiary/aromatic N) is 3. The van der Waals surface area contributed by atoms with E-state index in [9.17, 15) is 9.59 Å². The number of aromatic nitrogens is 1. The van der Waals surface area contributed by atoms with Gasteiger partial charge in [-0.15, -0.1) is 0 Å². The van der Waals surface area contributed by atoms with Crippen LogP contribution in [0.15, 0.2) is 47.1 Å². The summed E-state index contributed by atoms with van der Waals surface area (Å²) in [5.74, 6) is 0.177. The number of methoxy groups -OCH3 is 1. The number of amides is 2. The van der Waals surface area contributed by atoms with E-state index in [4.69, 9.17) is 4.74 Å². The van der Waals surface area contributed by atoms with Crippen molar-refractivity contribution in [1.82, 2.24) is 14.4 Å². The van der Waals surface area contributed by atoms with Gasteiger partial charge >= 0.3 is 0 Å². The average molecular weight is 504 g/mol. The van der Waals surface area contributed by atoms with Gasteiger partial charge in [0.2, 0.25) is 11.8 Å². The van der Waals surface area contributed by atoms with E-state index in [0.29, 0.717) is 26.2 Å². The number of unbranched alkanes of at least 4 members (excludes halogenated alkanes) is 1. The smallest absolute Gasteiger partial charge is 0.242 e. The lowest BCUT2D eigenvalue weighted by atomic mass is 10.2. The third kappa shape index (κ3) is 7.20. The zero-order chi connectivity index (χ0) is 22.9. The minimum absolute atomic E-state index is 0.0000512. The molecule has 1 fully saturated rings. The number of halogens is 1. The SMILES string of the molecule is CCCCN(Cc1cccn1Cc1ccc(Br)cc1)C(=O)CN(CCOC)C(=O)C1CC1. The van der Waals surface area contributed by atoms with Crippen molar-refractivity contribution in [1.29, 1.82) is 0 Å². The zero-order valence-electron chi connectivity index (χ0n) is 19.1. The van der Waals surface area contributed by atoms with Crippen molar-refractivity contribution in [3.05, 3.63) is 58.3 Å². The summed E-state index contributed by atoms with van der Waals surface area (Å²) >= 11 is 3.48. The quantitative estimate of drug-likeness (QED) is 0.409. The van der Waals surface area contributed by atoms with Gasteiger partial charge in [-0.05, 0) is 49.1 Å². The Hall–Kier alpha value is -2.12. The number of hydrogen-bond donors (Lipinski definition) is 0. The normalized spacial score (nSPS) is 13.2. The van der Waals surface area contributed by atoms with Crippen LogP contribution in [0.3, 0.4) is 0 Å². The number of benzene rings is 1. The summed E-state index contributed by atoms with van der Waals surface area (Å²) in [7, 11) is 1.62. The van der Waals surface area contributed by atoms with Crippen molar-refractivity contribution < 1.29 is 14.3 Å². The minimum atomic E-state index is -0.0000512. The first-order chi connectivity index (χ1) is 15.5. The number of hydrogen-bond acceptors (Lipinski definition) is 3. The molecule has 1 aliphatic rings. The molecule has 0 N–H and O–H groups in total. The van der Waals surface area contributed by atoms with Gasteiger partial charge < -0.3 is 19.1 Å². The lowest BCUT2D eigenvalue weighted by Crippen LogP contribution is -2.45. The third-order valence-corrected chi connectivity index (χ3v) is 6.34. The maximum atomic E-state index is 13.3. The third-order valence-electron chi connectivity index (χ3n) is 5.81. The molecule has 0 bridgehead atoms. The van der Waals surface area contributed by atoms with Crippen molar-refractivity contribution in [2.24, 2.45) is 5.92 Å². The van der Waals surface area contributed by atoms with Gasteiger partial charge in [0.25, 0.3) is 0 Å². The summed E-state index contributed by atoms with van der Waals surface area (Å²) in [6.07, 6.45) is 5.87. The van der Waals surface area contributed by atoms with Gasteiger partial charge in [-0.1, -0.05) is 41.4 Å². The molecule has 1 aliphatic carbocycles. The molecule has 1 aromatic heterocycles. The Kier molecular flexibility index (Phi) is 9.36. The lowest BCUT2D eigenvalue weighted by Gasteiger charge is -2.28. The standard InChI is InChI=1S/C25H34BrN3O3/c1-3-4-13-28(24(30)19-29(15-16-32-2)25(31)21-9-10-21)18-23-6-5-14-27(23)17-20-7-11-22(26)12-8-20/h5-8,11-12,14,21H,3-4,9-10,13,15-19H2,1-2H3. The Morgan fingerprint density at radius 2 is 1.88 bits per heavy atom. The second-order valence-electron chi connectivity index (χ2n) is 8.45. The van der Waals surface area contributed by atoms with Crippen LogP contribution in [0.5, 0.6) is 0 Å². The molecule has 0 unspecified atom stereocenters. The predicted octanol–water partition coefficient (Wildman–Crippen LogP) is 4.31. The van der Waals surface area contributed by atoms with Crippen LogP contribution >= 0.6 is 15.9 Å². The van der Waals surface area contributed by atoms with E-state index >= 15 is 0 Å². The second kappa shape index (κ2) is 12.2. The van der Waals surface area contributed by atoms with Gasteiger partial charge in [-0.3, -0.25) is 9.59 Å². The van der Waals surface area contributed by atoms with Crippen LogP contribution in [0.2, 0.25) is 0 Å². The molecule has 1 heterocycles. The zero-order valence-corrected chi connectivity index (χ0v) is 20.7. The number of rotatable bonds is 13. The molecule has 0 atom stereocenters. The Labute approximate surface area is 199 Å². The predicted molar refractivity (Wildman–Crippen MR) is 129 cm³/mol. The maximum Gasteiger partial charge on any atom is 0.242 e. The molecule has 0 aliphatic heterocycles. The Bertz CT molecular complexity index is 877. The Morgan fingerprint density at radius 3 is 2.53 bits per heavy atom. The molecule has 7 heteroatoms. The van der Waals surface area contributed by atoms with Crippen molar-refractivity contribution in [2.75, 3.05) is 33.4 Å². The molecule has 3 rings (SSSR count). The van der Waals surface area contributed by atoms with E-state index in [2.05, 4.69) is 51.8 Å². The molecule has 2 amide bonds. The van der Waals surface area contributed by atoms with Crippen LogP contribution in [0.1, 0.15) is 43.9 Å². The largest absolute Gasteiger partial charge is 0.383 e. The van der Waals surface area contributed by atoms with Crippen molar-refractivity contribution in [3.63, 3.8) is 0 Å². The molecule has 1 aromatic carbocycles. The summed E-state index contributed by atoms with van der Waals surface area (Å²) in [5, 5.41) is 0. The second-order valence-corrected chi connectivity index (χ2v) is 9.37. The van der Waals surface area contributed by atoms with Gasteiger partial charge in [0.1, 0.15) is 0 Å². The van der Waals surface area contributed by atoms with Crippen LogP contribution in [-0.4, -0.2) is 59.5 Å². The van der Waals surface area contributed by atoms with E-state index in [1.165, 1.54) is 5.56 Å². The summed E-state index contributed by atoms with van der Waals surface area (Å²) in [4.78, 5) is 29.5. The first-order valence-corrected chi connectivity index (χ1v) is 12.2. The summed E-state index contributed by atoms with van der Waals surface area (Å²) in [5.41, 5.74) is 2.30. The topological polar surface area (TPSA) is 54.8 Å². The van der Waals surface area contributed by atoms with Crippen LogP contribution in [0.25, 0.3) is 0 Å². The molecule has 6 nitrogen and oxygen atoms in total. The Balaban J connectivity index is 1.69. The summed E-state index contributed by atoms with van der Waals surface area (Å²) < 4.78 is 8.42. The van der Waals surface area contributed by atoms with Crippen LogP contribution in [-0.2, 0) is 27.4 Å². The molecule has 2 aromatic rings. The van der Waals surface area contributed by atoms with Gasteiger partial charge in [-0.25, -0.2) is 0 Å². The molecule has 32 heavy (non-hydrogen) atoms. The molecule has 0 spiro atoms. The van der Waals surface area contributed by atoms with Gasteiger partial charge in [0.15, 0.2) is 0 Å². The first kappa shape index (κ1) is 24.5. The van der Waals surface area contributed by atoms with Crippen molar-refractivity contribution >= 4 is 27.7 Å². The number of ether oxygens (including phenoxy) is 1. The lowest BCUT2D eigenvalue weighted by molar-refractivity contribution is -0.142. The van der Waals surface area contributed by atoms with E-state index in [-0.39, 0.29) is 24.3 Å². The van der Waals surface area contributed by atoms with Gasteiger partial charge in [-0.2, -0.15) is 0 Å². The highest BCUT2D eigenvalue weighted by molar-refractivity contribution is 9.10. The van der Waals surface area contributed by atoms with Crippen molar-refractivity contribution in [3.8, 4) is 0 Å². The van der Waals surface area contributed by atoms with Gasteiger partial charge in [0, 0.05) is 49.0 Å². The minimum Gasteiger partial charge on any atom is -0.383 e. The summed E-state index contributed by atoms with van der Waals surface area (Å²) in [6, 6.07) is 12.4. The van der Waals surface area contributed by atoms with E-state index in [1.54, 1.807) is 12.0 Å². The number of carbonyl (C=O) groups excluding carboxylic acids is 2.